The highest BCUT2D eigenvalue weighted by Gasteiger charge is 2.43. The van der Waals surface area contributed by atoms with Crippen LogP contribution >= 0.6 is 0 Å². The number of ether oxygens (including phenoxy) is 1. The van der Waals surface area contributed by atoms with Crippen LogP contribution < -0.4 is 5.73 Å². The molecule has 1 saturated heterocycles. The van der Waals surface area contributed by atoms with Crippen molar-refractivity contribution in [1.82, 2.24) is 19.5 Å². The van der Waals surface area contributed by atoms with Crippen LogP contribution in [0.25, 0.3) is 11.2 Å². The van der Waals surface area contributed by atoms with E-state index in [-0.39, 0.29) is 12.4 Å². The molecule has 1 unspecified atom stereocenters. The molecule has 0 bridgehead atoms. The van der Waals surface area contributed by atoms with Crippen LogP contribution in [0.2, 0.25) is 0 Å². The molecule has 3 atom stereocenters. The summed E-state index contributed by atoms with van der Waals surface area (Å²) in [6, 6.07) is 0. The van der Waals surface area contributed by atoms with Crippen molar-refractivity contribution in [3.63, 3.8) is 0 Å². The van der Waals surface area contributed by atoms with Gasteiger partial charge in [0.25, 0.3) is 0 Å². The fourth-order valence-corrected chi connectivity index (χ4v) is 2.36. The summed E-state index contributed by atoms with van der Waals surface area (Å²) in [6.07, 6.45) is 1.80. The van der Waals surface area contributed by atoms with E-state index < -0.39 is 17.9 Å². The molecule has 8 nitrogen and oxygen atoms in total. The van der Waals surface area contributed by atoms with Gasteiger partial charge in [-0.2, -0.15) is 0 Å². The number of rotatable bonds is 2. The molecule has 102 valence electrons. The molecule has 0 radical (unpaired) electrons. The Morgan fingerprint density at radius 3 is 3.00 bits per heavy atom. The van der Waals surface area contributed by atoms with Gasteiger partial charge in [-0.15, -0.1) is 0 Å². The summed E-state index contributed by atoms with van der Waals surface area (Å²) in [5.41, 5.74) is 5.91. The molecule has 1 fully saturated rings. The van der Waals surface area contributed by atoms with Crippen LogP contribution in [-0.4, -0.2) is 48.0 Å². The van der Waals surface area contributed by atoms with Crippen molar-refractivity contribution < 1.29 is 14.9 Å². The summed E-state index contributed by atoms with van der Waals surface area (Å²) in [7, 11) is 0. The van der Waals surface area contributed by atoms with Crippen molar-refractivity contribution in [1.29, 1.82) is 0 Å². The standard InChI is InChI=1S/C11H15N5O3/c1-11(3-17)2-6(18)10(19-11)16-5-15-7-8(12)13-4-14-9(7)16/h4-6,10,17-18H,2-3H2,1H3,(H2,12,13,14)/t6-,10-,11?/m0/s1. The fourth-order valence-electron chi connectivity index (χ4n) is 2.36. The third kappa shape index (κ3) is 1.84. The number of aliphatic hydroxyl groups is 2. The first-order chi connectivity index (χ1) is 9.04. The molecule has 0 spiro atoms. The van der Waals surface area contributed by atoms with Gasteiger partial charge < -0.3 is 20.7 Å². The van der Waals surface area contributed by atoms with E-state index >= 15 is 0 Å². The van der Waals surface area contributed by atoms with E-state index in [1.165, 1.54) is 12.7 Å². The van der Waals surface area contributed by atoms with Gasteiger partial charge in [0, 0.05) is 6.42 Å². The van der Waals surface area contributed by atoms with Gasteiger partial charge in [0.15, 0.2) is 17.7 Å². The predicted octanol–water partition coefficient (Wildman–Crippen LogP) is -0.561. The minimum atomic E-state index is -0.765. The number of imidazole rings is 1. The normalized spacial score (nSPS) is 31.1. The second-order valence-electron chi connectivity index (χ2n) is 4.97. The van der Waals surface area contributed by atoms with Gasteiger partial charge in [-0.1, -0.05) is 0 Å². The van der Waals surface area contributed by atoms with Crippen LogP contribution in [0.4, 0.5) is 5.82 Å². The highest BCUT2D eigenvalue weighted by molar-refractivity contribution is 5.81. The molecule has 19 heavy (non-hydrogen) atoms. The Kier molecular flexibility index (Phi) is 2.66. The molecule has 2 aromatic rings. The lowest BCUT2D eigenvalue weighted by atomic mass is 10.0. The van der Waals surface area contributed by atoms with Crippen molar-refractivity contribution in [2.45, 2.75) is 31.3 Å². The van der Waals surface area contributed by atoms with Gasteiger partial charge in [-0.05, 0) is 6.92 Å². The topological polar surface area (TPSA) is 119 Å². The first-order valence-corrected chi connectivity index (χ1v) is 5.94. The van der Waals surface area contributed by atoms with Gasteiger partial charge in [0.2, 0.25) is 0 Å². The lowest BCUT2D eigenvalue weighted by Crippen LogP contribution is -2.28. The third-order valence-corrected chi connectivity index (χ3v) is 3.37. The second kappa shape index (κ2) is 4.12. The third-order valence-electron chi connectivity index (χ3n) is 3.37. The number of anilines is 1. The van der Waals surface area contributed by atoms with E-state index in [9.17, 15) is 10.2 Å². The number of aliphatic hydroxyl groups excluding tert-OH is 2. The first-order valence-electron chi connectivity index (χ1n) is 5.94. The van der Waals surface area contributed by atoms with Crippen LogP contribution in [0.5, 0.6) is 0 Å². The molecular formula is C11H15N5O3. The minimum Gasteiger partial charge on any atom is -0.393 e. The van der Waals surface area contributed by atoms with Gasteiger partial charge in [-0.25, -0.2) is 15.0 Å². The second-order valence-corrected chi connectivity index (χ2v) is 4.97. The summed E-state index contributed by atoms with van der Waals surface area (Å²) >= 11 is 0. The van der Waals surface area contributed by atoms with E-state index in [2.05, 4.69) is 15.0 Å². The van der Waals surface area contributed by atoms with Crippen LogP contribution in [0.3, 0.4) is 0 Å². The highest BCUT2D eigenvalue weighted by atomic mass is 16.6. The zero-order valence-electron chi connectivity index (χ0n) is 10.4. The van der Waals surface area contributed by atoms with Crippen LogP contribution in [0.15, 0.2) is 12.7 Å². The van der Waals surface area contributed by atoms with Crippen molar-refractivity contribution in [3.05, 3.63) is 12.7 Å². The Bertz CT molecular complexity index is 615. The molecule has 1 aliphatic heterocycles. The fraction of sp³-hybridized carbons (Fsp3) is 0.545. The van der Waals surface area contributed by atoms with E-state index in [1.54, 1.807) is 11.5 Å². The zero-order valence-corrected chi connectivity index (χ0v) is 10.4. The number of aromatic nitrogens is 4. The lowest BCUT2D eigenvalue weighted by molar-refractivity contribution is -0.0980. The van der Waals surface area contributed by atoms with E-state index in [0.29, 0.717) is 17.6 Å². The van der Waals surface area contributed by atoms with E-state index in [0.717, 1.165) is 0 Å². The highest BCUT2D eigenvalue weighted by Crippen LogP contribution is 2.37. The Morgan fingerprint density at radius 2 is 2.32 bits per heavy atom. The molecule has 0 amide bonds. The van der Waals surface area contributed by atoms with Crippen molar-refractivity contribution in [3.8, 4) is 0 Å². The summed E-state index contributed by atoms with van der Waals surface area (Å²) in [6.45, 7) is 1.59. The Hall–Kier alpha value is -1.77. The quantitative estimate of drug-likeness (QED) is 0.665. The maximum Gasteiger partial charge on any atom is 0.167 e. The molecule has 1 aliphatic rings. The maximum atomic E-state index is 10.1. The van der Waals surface area contributed by atoms with Crippen molar-refractivity contribution >= 4 is 17.0 Å². The van der Waals surface area contributed by atoms with Gasteiger partial charge in [-0.3, -0.25) is 4.57 Å². The summed E-state index contributed by atoms with van der Waals surface area (Å²) < 4.78 is 7.33. The molecule has 0 saturated carbocycles. The average Bonchev–Trinajstić information content (AvgIpc) is 2.92. The molecule has 0 aromatic carbocycles. The molecule has 4 N–H and O–H groups in total. The number of fused-ring (bicyclic) bond motifs is 1. The van der Waals surface area contributed by atoms with Crippen molar-refractivity contribution in [2.75, 3.05) is 12.3 Å². The largest absolute Gasteiger partial charge is 0.393 e. The van der Waals surface area contributed by atoms with Crippen LogP contribution in [-0.2, 0) is 4.74 Å². The van der Waals surface area contributed by atoms with Crippen LogP contribution in [0, 0.1) is 0 Å². The molecule has 0 aliphatic carbocycles. The summed E-state index contributed by atoms with van der Waals surface area (Å²) in [5, 5.41) is 19.4. The zero-order chi connectivity index (χ0) is 13.6. The molecule has 2 aromatic heterocycles. The lowest BCUT2D eigenvalue weighted by Gasteiger charge is -2.22. The number of nitrogens with zero attached hydrogens (tertiary/aromatic N) is 4. The SMILES string of the molecule is CC1(CO)C[C@H](O)[C@@H](n2cnc3c(N)ncnc32)O1. The number of hydrogen-bond acceptors (Lipinski definition) is 7. The molecular weight excluding hydrogens is 250 g/mol. The summed E-state index contributed by atoms with van der Waals surface area (Å²) in [4.78, 5) is 12.1. The monoisotopic (exact) mass is 265 g/mol. The number of hydrogen-bond donors (Lipinski definition) is 3. The predicted molar refractivity (Wildman–Crippen MR) is 66.0 cm³/mol. The van der Waals surface area contributed by atoms with Crippen LogP contribution in [0.1, 0.15) is 19.6 Å². The Balaban J connectivity index is 2.04. The first kappa shape index (κ1) is 12.3. The molecule has 3 heterocycles. The smallest absolute Gasteiger partial charge is 0.167 e. The Morgan fingerprint density at radius 1 is 1.53 bits per heavy atom. The van der Waals surface area contributed by atoms with E-state index in [1.807, 2.05) is 0 Å². The average molecular weight is 265 g/mol. The van der Waals surface area contributed by atoms with E-state index in [4.69, 9.17) is 10.5 Å². The number of nitrogen functional groups attached to an aromatic ring is 1. The van der Waals surface area contributed by atoms with Gasteiger partial charge >= 0.3 is 0 Å². The summed E-state index contributed by atoms with van der Waals surface area (Å²) in [5.74, 6) is 0.279. The molecule has 3 rings (SSSR count). The Labute approximate surface area is 108 Å². The minimum absolute atomic E-state index is 0.162. The van der Waals surface area contributed by atoms with Gasteiger partial charge in [0.05, 0.1) is 18.5 Å². The number of nitrogens with two attached hydrogens (primary N) is 1. The maximum absolute atomic E-state index is 10.1. The van der Waals surface area contributed by atoms with Gasteiger partial charge in [0.1, 0.15) is 17.9 Å². The van der Waals surface area contributed by atoms with Crippen molar-refractivity contribution in [2.24, 2.45) is 0 Å². The molecule has 8 heteroatoms.